The summed E-state index contributed by atoms with van der Waals surface area (Å²) in [5, 5.41) is 2.35. The molecule has 148 valence electrons. The van der Waals surface area contributed by atoms with Crippen LogP contribution >= 0.6 is 11.6 Å². The second-order valence-corrected chi connectivity index (χ2v) is 8.93. The van der Waals surface area contributed by atoms with Crippen molar-refractivity contribution in [2.75, 3.05) is 39.3 Å². The van der Waals surface area contributed by atoms with E-state index in [1.165, 1.54) is 15.3 Å². The molecule has 27 heavy (non-hydrogen) atoms. The van der Waals surface area contributed by atoms with Gasteiger partial charge in [-0.25, -0.2) is 17.6 Å². The molecule has 11 heteroatoms. The van der Waals surface area contributed by atoms with Crippen molar-refractivity contribution in [2.24, 2.45) is 0 Å². The van der Waals surface area contributed by atoms with Crippen LogP contribution in [-0.4, -0.2) is 74.9 Å². The zero-order valence-corrected chi connectivity index (χ0v) is 16.3. The Morgan fingerprint density at radius 1 is 1.30 bits per heavy atom. The van der Waals surface area contributed by atoms with Crippen LogP contribution in [0.25, 0.3) is 0 Å². The Balaban J connectivity index is 1.65. The molecule has 0 radical (unpaired) electrons. The maximum absolute atomic E-state index is 13.3. The van der Waals surface area contributed by atoms with E-state index in [1.807, 2.05) is 0 Å². The maximum atomic E-state index is 13.3. The number of rotatable bonds is 4. The lowest BCUT2D eigenvalue weighted by atomic mass is 10.2. The topological polar surface area (TPSA) is 91.2 Å². The van der Waals surface area contributed by atoms with E-state index in [0.717, 1.165) is 17.0 Å². The Hall–Kier alpha value is -1.75. The first kappa shape index (κ1) is 20.0. The Morgan fingerprint density at radius 2 is 1.96 bits per heavy atom. The highest BCUT2D eigenvalue weighted by molar-refractivity contribution is 7.89. The Labute approximate surface area is 161 Å². The number of hydrogen-bond acceptors (Lipinski definition) is 4. The molecule has 8 nitrogen and oxygen atoms in total. The standard InChI is InChI=1S/C16H20ClFN4O4S/c1-11(15(23)22-5-4-19-16(22)24)20-6-8-21(9-7-20)27(25,26)12-2-3-14(18)13(17)10-12/h2-3,10-11H,4-9H2,1H3,(H,19,24)/p+1/t11-/m1/s1. The van der Waals surface area contributed by atoms with Gasteiger partial charge in [-0.05, 0) is 25.1 Å². The van der Waals surface area contributed by atoms with Crippen LogP contribution in [0.1, 0.15) is 6.92 Å². The Morgan fingerprint density at radius 3 is 2.52 bits per heavy atom. The maximum Gasteiger partial charge on any atom is 0.324 e. The molecule has 0 bridgehead atoms. The van der Waals surface area contributed by atoms with Gasteiger partial charge in [0.25, 0.3) is 5.91 Å². The summed E-state index contributed by atoms with van der Waals surface area (Å²) in [5.74, 6) is -0.940. The van der Waals surface area contributed by atoms with E-state index in [4.69, 9.17) is 11.6 Å². The number of hydrogen-bond donors (Lipinski definition) is 2. The van der Waals surface area contributed by atoms with Crippen molar-refractivity contribution in [3.05, 3.63) is 29.0 Å². The summed E-state index contributed by atoms with van der Waals surface area (Å²) in [6, 6.07) is 2.48. The second kappa shape index (κ2) is 7.70. The fourth-order valence-corrected chi connectivity index (χ4v) is 5.04. The molecule has 2 N–H and O–H groups in total. The third-order valence-corrected chi connectivity index (χ3v) is 7.18. The van der Waals surface area contributed by atoms with Crippen molar-refractivity contribution >= 4 is 33.6 Å². The monoisotopic (exact) mass is 419 g/mol. The van der Waals surface area contributed by atoms with Crippen molar-refractivity contribution in [3.63, 3.8) is 0 Å². The lowest BCUT2D eigenvalue weighted by Gasteiger charge is -2.34. The molecule has 2 aliphatic rings. The average Bonchev–Trinajstić information content (AvgIpc) is 3.08. The quantitative estimate of drug-likeness (QED) is 0.675. The minimum atomic E-state index is -3.79. The third-order valence-electron chi connectivity index (χ3n) is 5.00. The molecule has 0 aliphatic carbocycles. The molecular weight excluding hydrogens is 399 g/mol. The highest BCUT2D eigenvalue weighted by Gasteiger charge is 2.38. The largest absolute Gasteiger partial charge is 0.336 e. The second-order valence-electron chi connectivity index (χ2n) is 6.58. The molecule has 2 aliphatic heterocycles. The van der Waals surface area contributed by atoms with Crippen molar-refractivity contribution in [1.29, 1.82) is 0 Å². The zero-order valence-electron chi connectivity index (χ0n) is 14.7. The fraction of sp³-hybridized carbons (Fsp3) is 0.500. The number of carbonyl (C=O) groups excluding carboxylic acids is 2. The van der Waals surface area contributed by atoms with Gasteiger partial charge >= 0.3 is 6.03 Å². The van der Waals surface area contributed by atoms with Gasteiger partial charge in [0, 0.05) is 13.1 Å². The van der Waals surface area contributed by atoms with Gasteiger partial charge < -0.3 is 10.2 Å². The predicted molar refractivity (Wildman–Crippen MR) is 95.4 cm³/mol. The summed E-state index contributed by atoms with van der Waals surface area (Å²) in [6.07, 6.45) is 0. The number of imide groups is 1. The van der Waals surface area contributed by atoms with E-state index in [-0.39, 0.29) is 34.9 Å². The first-order valence-electron chi connectivity index (χ1n) is 8.61. The first-order valence-corrected chi connectivity index (χ1v) is 10.4. The van der Waals surface area contributed by atoms with Crippen LogP contribution in [0, 0.1) is 5.82 Å². The van der Waals surface area contributed by atoms with Crippen LogP contribution in [0.5, 0.6) is 0 Å². The first-order chi connectivity index (χ1) is 12.7. The van der Waals surface area contributed by atoms with E-state index in [0.29, 0.717) is 26.2 Å². The molecule has 2 heterocycles. The number of halogens is 2. The summed E-state index contributed by atoms with van der Waals surface area (Å²) in [7, 11) is -3.79. The van der Waals surface area contributed by atoms with Crippen molar-refractivity contribution in [3.8, 4) is 0 Å². The van der Waals surface area contributed by atoms with Gasteiger partial charge in [0.1, 0.15) is 5.82 Å². The summed E-state index contributed by atoms with van der Waals surface area (Å²) in [5.41, 5.74) is 0. The molecule has 3 rings (SSSR count). The van der Waals surface area contributed by atoms with E-state index in [1.54, 1.807) is 6.92 Å². The van der Waals surface area contributed by atoms with E-state index in [2.05, 4.69) is 5.32 Å². The van der Waals surface area contributed by atoms with Crippen LogP contribution in [0.4, 0.5) is 9.18 Å². The molecule has 2 fully saturated rings. The lowest BCUT2D eigenvalue weighted by Crippen LogP contribution is -3.19. The van der Waals surface area contributed by atoms with Crippen molar-refractivity contribution < 1.29 is 27.3 Å². The van der Waals surface area contributed by atoms with Crippen LogP contribution in [-0.2, 0) is 14.8 Å². The van der Waals surface area contributed by atoms with Gasteiger partial charge in [0.05, 0.1) is 36.1 Å². The van der Waals surface area contributed by atoms with Crippen molar-refractivity contribution in [1.82, 2.24) is 14.5 Å². The molecule has 2 saturated heterocycles. The van der Waals surface area contributed by atoms with Crippen LogP contribution in [0.2, 0.25) is 5.02 Å². The number of urea groups is 1. The summed E-state index contributed by atoms with van der Waals surface area (Å²) in [6.45, 7) is 3.83. The summed E-state index contributed by atoms with van der Waals surface area (Å²) >= 11 is 5.70. The Bertz CT molecular complexity index is 858. The number of amides is 3. The summed E-state index contributed by atoms with van der Waals surface area (Å²) < 4.78 is 40.0. The number of nitrogens with one attached hydrogen (secondary N) is 2. The minimum Gasteiger partial charge on any atom is -0.336 e. The molecule has 1 atom stereocenters. The molecule has 0 aromatic heterocycles. The van der Waals surface area contributed by atoms with Crippen molar-refractivity contribution in [2.45, 2.75) is 17.9 Å². The van der Waals surface area contributed by atoms with Gasteiger partial charge in [-0.15, -0.1) is 0 Å². The third kappa shape index (κ3) is 3.93. The van der Waals surface area contributed by atoms with Gasteiger partial charge in [-0.2, -0.15) is 4.31 Å². The van der Waals surface area contributed by atoms with Gasteiger partial charge in [0.2, 0.25) is 10.0 Å². The number of piperazine rings is 1. The Kier molecular flexibility index (Phi) is 5.71. The van der Waals surface area contributed by atoms with Crippen LogP contribution in [0.15, 0.2) is 23.1 Å². The normalized spacial score (nSPS) is 20.6. The number of sulfonamides is 1. The van der Waals surface area contributed by atoms with E-state index < -0.39 is 21.9 Å². The predicted octanol–water partition coefficient (Wildman–Crippen LogP) is -0.691. The molecule has 1 aromatic carbocycles. The number of quaternary nitrogens is 1. The molecule has 1 aromatic rings. The zero-order chi connectivity index (χ0) is 19.8. The smallest absolute Gasteiger partial charge is 0.324 e. The average molecular weight is 420 g/mol. The fourth-order valence-electron chi connectivity index (χ4n) is 3.32. The van der Waals surface area contributed by atoms with E-state index in [9.17, 15) is 22.4 Å². The SMILES string of the molecule is C[C@H](C(=O)N1CCNC1=O)[NH+]1CCN(S(=O)(=O)c2ccc(F)c(Cl)c2)CC1. The van der Waals surface area contributed by atoms with Gasteiger partial charge in [-0.1, -0.05) is 11.6 Å². The number of benzene rings is 1. The molecule has 0 unspecified atom stereocenters. The minimum absolute atomic E-state index is 0.0600. The molecule has 3 amide bonds. The molecule has 0 spiro atoms. The van der Waals surface area contributed by atoms with Gasteiger partial charge in [-0.3, -0.25) is 9.69 Å². The molecule has 0 saturated carbocycles. The number of carbonyl (C=O) groups is 2. The highest BCUT2D eigenvalue weighted by Crippen LogP contribution is 2.22. The molecular formula is C16H21ClFN4O4S+. The highest BCUT2D eigenvalue weighted by atomic mass is 35.5. The van der Waals surface area contributed by atoms with E-state index >= 15 is 0 Å². The number of nitrogens with zero attached hydrogens (tertiary/aromatic N) is 2. The lowest BCUT2D eigenvalue weighted by molar-refractivity contribution is -0.917. The van der Waals surface area contributed by atoms with Crippen LogP contribution < -0.4 is 10.2 Å². The van der Waals surface area contributed by atoms with Gasteiger partial charge in [0.15, 0.2) is 6.04 Å². The summed E-state index contributed by atoms with van der Waals surface area (Å²) in [4.78, 5) is 26.2. The van der Waals surface area contributed by atoms with Crippen LogP contribution in [0.3, 0.4) is 0 Å².